The minimum atomic E-state index is -1.66. The van der Waals surface area contributed by atoms with E-state index in [9.17, 15) is 22.8 Å². The second-order valence-electron chi connectivity index (χ2n) is 5.60. The van der Waals surface area contributed by atoms with E-state index in [-0.39, 0.29) is 18.9 Å². The lowest BCUT2D eigenvalue weighted by molar-refractivity contribution is -0.122. The van der Waals surface area contributed by atoms with Crippen LogP contribution in [-0.4, -0.2) is 18.4 Å². The Morgan fingerprint density at radius 1 is 1.16 bits per heavy atom. The third kappa shape index (κ3) is 3.53. The Kier molecular flexibility index (Phi) is 4.80. The van der Waals surface area contributed by atoms with Gasteiger partial charge in [-0.3, -0.25) is 9.59 Å². The molecule has 130 valence electrons. The van der Waals surface area contributed by atoms with Crippen molar-refractivity contribution in [3.8, 4) is 0 Å². The Hall–Kier alpha value is -2.35. The highest BCUT2D eigenvalue weighted by molar-refractivity contribution is 9.10. The van der Waals surface area contributed by atoms with Crippen LogP contribution in [0.25, 0.3) is 0 Å². The maximum absolute atomic E-state index is 13.7. The summed E-state index contributed by atoms with van der Waals surface area (Å²) in [5, 5.41) is 2.22. The van der Waals surface area contributed by atoms with Crippen LogP contribution in [-0.2, 0) is 9.59 Å². The van der Waals surface area contributed by atoms with Gasteiger partial charge in [0.1, 0.15) is 0 Å². The maximum atomic E-state index is 13.7. The van der Waals surface area contributed by atoms with Gasteiger partial charge in [0.05, 0.1) is 11.6 Å². The van der Waals surface area contributed by atoms with Crippen LogP contribution < -0.4 is 10.2 Å². The van der Waals surface area contributed by atoms with Crippen LogP contribution in [0.1, 0.15) is 6.42 Å². The number of benzene rings is 2. The summed E-state index contributed by atoms with van der Waals surface area (Å²) in [4.78, 5) is 25.9. The molecule has 1 atom stereocenters. The van der Waals surface area contributed by atoms with Gasteiger partial charge in [0.15, 0.2) is 17.5 Å². The van der Waals surface area contributed by atoms with Crippen LogP contribution in [0.3, 0.4) is 0 Å². The number of anilines is 2. The zero-order valence-electron chi connectivity index (χ0n) is 12.7. The van der Waals surface area contributed by atoms with Gasteiger partial charge >= 0.3 is 0 Å². The highest BCUT2D eigenvalue weighted by atomic mass is 79.9. The van der Waals surface area contributed by atoms with Crippen LogP contribution in [0.4, 0.5) is 24.5 Å². The third-order valence-electron chi connectivity index (χ3n) is 3.91. The summed E-state index contributed by atoms with van der Waals surface area (Å²) in [6, 6.07) is 8.71. The molecular formula is C17H12BrF3N2O2. The highest BCUT2D eigenvalue weighted by Gasteiger charge is 2.35. The van der Waals surface area contributed by atoms with E-state index in [4.69, 9.17) is 0 Å². The van der Waals surface area contributed by atoms with Crippen molar-refractivity contribution in [3.63, 3.8) is 0 Å². The Morgan fingerprint density at radius 2 is 1.92 bits per heavy atom. The summed E-state index contributed by atoms with van der Waals surface area (Å²) in [6.45, 7) is 0.117. The zero-order chi connectivity index (χ0) is 18.1. The van der Waals surface area contributed by atoms with E-state index in [0.717, 1.165) is 16.6 Å². The Labute approximate surface area is 149 Å². The molecule has 1 fully saturated rings. The average molecular weight is 413 g/mol. The van der Waals surface area contributed by atoms with Crippen molar-refractivity contribution in [2.45, 2.75) is 6.42 Å². The van der Waals surface area contributed by atoms with Crippen molar-refractivity contribution in [1.29, 1.82) is 0 Å². The molecule has 3 rings (SSSR count). The molecule has 25 heavy (non-hydrogen) atoms. The van der Waals surface area contributed by atoms with Crippen LogP contribution in [0.2, 0.25) is 0 Å². The topological polar surface area (TPSA) is 49.4 Å². The van der Waals surface area contributed by atoms with E-state index in [1.54, 1.807) is 24.3 Å². The molecule has 1 aliphatic heterocycles. The summed E-state index contributed by atoms with van der Waals surface area (Å²) in [5.41, 5.74) is 0.172. The molecule has 2 aromatic carbocycles. The van der Waals surface area contributed by atoms with Crippen molar-refractivity contribution in [3.05, 3.63) is 58.3 Å². The first kappa shape index (κ1) is 17.5. The van der Waals surface area contributed by atoms with Crippen LogP contribution in [0.5, 0.6) is 0 Å². The number of nitrogens with one attached hydrogen (secondary N) is 1. The van der Waals surface area contributed by atoms with Crippen LogP contribution in [0.15, 0.2) is 40.9 Å². The van der Waals surface area contributed by atoms with Gasteiger partial charge in [0, 0.05) is 23.1 Å². The van der Waals surface area contributed by atoms with E-state index in [2.05, 4.69) is 21.2 Å². The molecule has 0 aliphatic carbocycles. The van der Waals surface area contributed by atoms with Gasteiger partial charge in [-0.15, -0.1) is 0 Å². The Balaban J connectivity index is 1.74. The Bertz CT molecular complexity index is 860. The maximum Gasteiger partial charge on any atom is 0.229 e. The monoisotopic (exact) mass is 412 g/mol. The number of carbonyl (C=O) groups excluding carboxylic acids is 2. The number of halogens is 4. The first-order valence-corrected chi connectivity index (χ1v) is 8.16. The predicted octanol–water partition coefficient (Wildman–Crippen LogP) is 3.86. The molecule has 0 saturated carbocycles. The first-order chi connectivity index (χ1) is 11.9. The van der Waals surface area contributed by atoms with Gasteiger partial charge in [0.25, 0.3) is 0 Å². The molecule has 0 radical (unpaired) electrons. The van der Waals surface area contributed by atoms with Crippen LogP contribution >= 0.6 is 15.9 Å². The number of carbonyl (C=O) groups is 2. The number of hydrogen-bond donors (Lipinski definition) is 1. The van der Waals surface area contributed by atoms with E-state index < -0.39 is 35.0 Å². The lowest BCUT2D eigenvalue weighted by Crippen LogP contribution is -2.28. The molecule has 0 aromatic heterocycles. The smallest absolute Gasteiger partial charge is 0.229 e. The van der Waals surface area contributed by atoms with Crippen molar-refractivity contribution in [2.24, 2.45) is 5.92 Å². The van der Waals surface area contributed by atoms with E-state index >= 15 is 0 Å². The summed E-state index contributed by atoms with van der Waals surface area (Å²) in [7, 11) is 0. The normalized spacial score (nSPS) is 17.0. The summed E-state index contributed by atoms with van der Waals surface area (Å²) in [6.07, 6.45) is -0.0519. The van der Waals surface area contributed by atoms with Crippen molar-refractivity contribution < 1.29 is 22.8 Å². The molecule has 2 amide bonds. The molecule has 0 spiro atoms. The number of amides is 2. The molecule has 1 N–H and O–H groups in total. The van der Waals surface area contributed by atoms with E-state index in [0.29, 0.717) is 5.69 Å². The minimum Gasteiger partial charge on any atom is -0.323 e. The second kappa shape index (κ2) is 6.87. The summed E-state index contributed by atoms with van der Waals surface area (Å²) >= 11 is 3.31. The second-order valence-corrected chi connectivity index (χ2v) is 6.51. The molecule has 1 heterocycles. The van der Waals surface area contributed by atoms with Crippen molar-refractivity contribution in [2.75, 3.05) is 16.8 Å². The van der Waals surface area contributed by atoms with Crippen LogP contribution in [0, 0.1) is 23.4 Å². The van der Waals surface area contributed by atoms with Crippen molar-refractivity contribution >= 4 is 39.1 Å². The van der Waals surface area contributed by atoms with Gasteiger partial charge < -0.3 is 10.2 Å². The average Bonchev–Trinajstić information content (AvgIpc) is 2.97. The minimum absolute atomic E-state index is 0.0519. The van der Waals surface area contributed by atoms with E-state index in [1.807, 2.05) is 0 Å². The number of rotatable bonds is 3. The van der Waals surface area contributed by atoms with Gasteiger partial charge in [-0.1, -0.05) is 22.0 Å². The number of hydrogen-bond acceptors (Lipinski definition) is 2. The van der Waals surface area contributed by atoms with Gasteiger partial charge in [-0.05, 0) is 30.3 Å². The first-order valence-electron chi connectivity index (χ1n) is 7.37. The fourth-order valence-corrected chi connectivity index (χ4v) is 3.02. The van der Waals surface area contributed by atoms with Crippen molar-refractivity contribution in [1.82, 2.24) is 0 Å². The summed E-state index contributed by atoms with van der Waals surface area (Å²) < 4.78 is 40.6. The fraction of sp³-hybridized carbons (Fsp3) is 0.176. The molecular weight excluding hydrogens is 401 g/mol. The standard InChI is InChI=1S/C17H12BrF3N2O2/c18-10-2-1-3-11(7-10)23-8-9(6-14(23)24)17(25)22-13-5-4-12(19)15(20)16(13)21/h1-5,7,9H,6,8H2,(H,22,25). The number of nitrogens with zero attached hydrogens (tertiary/aromatic N) is 1. The van der Waals surface area contributed by atoms with E-state index in [1.165, 1.54) is 4.90 Å². The molecule has 1 unspecified atom stereocenters. The molecule has 1 saturated heterocycles. The zero-order valence-corrected chi connectivity index (χ0v) is 14.3. The lowest BCUT2D eigenvalue weighted by Gasteiger charge is -2.17. The predicted molar refractivity (Wildman–Crippen MR) is 89.5 cm³/mol. The highest BCUT2D eigenvalue weighted by Crippen LogP contribution is 2.28. The molecule has 0 bridgehead atoms. The van der Waals surface area contributed by atoms with Gasteiger partial charge in [-0.25, -0.2) is 13.2 Å². The quantitative estimate of drug-likeness (QED) is 0.778. The summed E-state index contributed by atoms with van der Waals surface area (Å²) in [5.74, 6) is -6.07. The molecule has 8 heteroatoms. The van der Waals surface area contributed by atoms with Gasteiger partial charge in [-0.2, -0.15) is 0 Å². The lowest BCUT2D eigenvalue weighted by atomic mass is 10.1. The fourth-order valence-electron chi connectivity index (χ4n) is 2.63. The largest absolute Gasteiger partial charge is 0.323 e. The third-order valence-corrected chi connectivity index (χ3v) is 4.40. The molecule has 4 nitrogen and oxygen atoms in total. The molecule has 2 aromatic rings. The molecule has 1 aliphatic rings. The SMILES string of the molecule is O=C(Nc1ccc(F)c(F)c1F)C1CC(=O)N(c2cccc(Br)c2)C1. The Morgan fingerprint density at radius 3 is 2.64 bits per heavy atom. The van der Waals surface area contributed by atoms with Gasteiger partial charge in [0.2, 0.25) is 11.8 Å².